The number of ketones is 1. The van der Waals surface area contributed by atoms with E-state index >= 15 is 0 Å². The van der Waals surface area contributed by atoms with Crippen molar-refractivity contribution in [1.82, 2.24) is 0 Å². The van der Waals surface area contributed by atoms with Gasteiger partial charge in [0.15, 0.2) is 5.78 Å². The van der Waals surface area contributed by atoms with Gasteiger partial charge in [-0.25, -0.2) is 0 Å². The van der Waals surface area contributed by atoms with Crippen molar-refractivity contribution in [1.29, 1.82) is 0 Å². The Hall–Kier alpha value is -0.710. The first kappa shape index (κ1) is 14.7. The van der Waals surface area contributed by atoms with Gasteiger partial charge in [0, 0.05) is 39.8 Å². The van der Waals surface area contributed by atoms with Crippen LogP contribution in [0.15, 0.2) is 24.3 Å². The van der Waals surface area contributed by atoms with E-state index in [1.807, 2.05) is 0 Å². The minimum atomic E-state index is -1.15. The van der Waals surface area contributed by atoms with Crippen LogP contribution in [0.3, 0.4) is 0 Å². The largest absolute Gasteiger partial charge is 0.381 e. The van der Waals surface area contributed by atoms with E-state index in [1.165, 1.54) is 0 Å². The second kappa shape index (κ2) is 6.64. The Morgan fingerprint density at radius 1 is 1.32 bits per heavy atom. The van der Waals surface area contributed by atoms with Gasteiger partial charge in [-0.15, -0.1) is 0 Å². The maximum atomic E-state index is 12.4. The minimum absolute atomic E-state index is 0.0694. The van der Waals surface area contributed by atoms with Gasteiger partial charge in [0.25, 0.3) is 0 Å². The van der Waals surface area contributed by atoms with E-state index in [2.05, 4.69) is 0 Å². The highest BCUT2D eigenvalue weighted by Crippen LogP contribution is 2.19. The molecule has 0 aliphatic carbocycles. The summed E-state index contributed by atoms with van der Waals surface area (Å²) < 4.78 is 17.6. The molecule has 0 saturated carbocycles. The number of benzene rings is 1. The number of hydrogen-bond donors (Lipinski definition) is 0. The maximum absolute atomic E-state index is 12.4. The van der Waals surface area contributed by atoms with Crippen molar-refractivity contribution in [2.24, 2.45) is 0 Å². The molecule has 104 valence electrons. The first-order valence-electron chi connectivity index (χ1n) is 6.36. The van der Waals surface area contributed by atoms with Crippen LogP contribution in [-0.2, 0) is 15.5 Å². The number of Topliss-reactive ketones (excluding diaryl/α,β-unsaturated/α-hetero) is 1. The van der Waals surface area contributed by atoms with Gasteiger partial charge in [-0.05, 0) is 44.0 Å². The SMILES string of the molecule is CC(C(=O)c1ccc(Cl)cc1)S(=O)C1CCOCC1. The maximum Gasteiger partial charge on any atom is 0.178 e. The third-order valence-electron chi connectivity index (χ3n) is 3.34. The average Bonchev–Trinajstić information content (AvgIpc) is 2.46. The molecule has 0 amide bonds. The van der Waals surface area contributed by atoms with Crippen LogP contribution in [0.4, 0.5) is 0 Å². The van der Waals surface area contributed by atoms with Crippen LogP contribution in [0.1, 0.15) is 30.1 Å². The fraction of sp³-hybridized carbons (Fsp3) is 0.500. The molecule has 1 heterocycles. The summed E-state index contributed by atoms with van der Waals surface area (Å²) >= 11 is 5.80. The lowest BCUT2D eigenvalue weighted by molar-refractivity contribution is 0.0966. The molecular formula is C14H17ClO3S. The Kier molecular flexibility index (Phi) is 5.13. The molecule has 1 aliphatic heterocycles. The number of halogens is 1. The van der Waals surface area contributed by atoms with Crippen LogP contribution in [0, 0.1) is 0 Å². The minimum Gasteiger partial charge on any atom is -0.381 e. The van der Waals surface area contributed by atoms with Gasteiger partial charge in [0.2, 0.25) is 0 Å². The monoisotopic (exact) mass is 300 g/mol. The third kappa shape index (κ3) is 3.65. The quantitative estimate of drug-likeness (QED) is 0.803. The van der Waals surface area contributed by atoms with E-state index < -0.39 is 16.0 Å². The van der Waals surface area contributed by atoms with Crippen molar-refractivity contribution in [3.05, 3.63) is 34.9 Å². The van der Waals surface area contributed by atoms with E-state index in [0.29, 0.717) is 23.8 Å². The lowest BCUT2D eigenvalue weighted by atomic mass is 10.1. The Morgan fingerprint density at radius 2 is 1.89 bits per heavy atom. The highest BCUT2D eigenvalue weighted by molar-refractivity contribution is 7.87. The summed E-state index contributed by atoms with van der Waals surface area (Å²) in [6, 6.07) is 6.72. The van der Waals surface area contributed by atoms with Gasteiger partial charge >= 0.3 is 0 Å². The molecule has 0 radical (unpaired) electrons. The van der Waals surface area contributed by atoms with Crippen molar-refractivity contribution >= 4 is 28.2 Å². The molecule has 2 atom stereocenters. The van der Waals surface area contributed by atoms with Gasteiger partial charge in [-0.3, -0.25) is 9.00 Å². The van der Waals surface area contributed by atoms with Gasteiger partial charge in [-0.2, -0.15) is 0 Å². The first-order chi connectivity index (χ1) is 9.09. The standard InChI is InChI=1S/C14H17ClO3S/c1-10(19(17)13-6-8-18-9-7-13)14(16)11-2-4-12(15)5-3-11/h2-5,10,13H,6-9H2,1H3. The number of carbonyl (C=O) groups excluding carboxylic acids is 1. The molecule has 1 saturated heterocycles. The van der Waals surface area contributed by atoms with Gasteiger partial charge in [-0.1, -0.05) is 11.6 Å². The molecule has 1 fully saturated rings. The first-order valence-corrected chi connectivity index (χ1v) is 8.02. The molecule has 19 heavy (non-hydrogen) atoms. The fourth-order valence-electron chi connectivity index (χ4n) is 2.15. The van der Waals surface area contributed by atoms with Gasteiger partial charge < -0.3 is 4.74 Å². The molecule has 1 aromatic rings. The van der Waals surface area contributed by atoms with Crippen molar-refractivity contribution in [3.8, 4) is 0 Å². The molecule has 2 rings (SSSR count). The number of carbonyl (C=O) groups is 1. The summed E-state index contributed by atoms with van der Waals surface area (Å²) in [6.07, 6.45) is 1.54. The summed E-state index contributed by atoms with van der Waals surface area (Å²) in [5.41, 5.74) is 0.567. The van der Waals surface area contributed by atoms with E-state index in [1.54, 1.807) is 31.2 Å². The Bertz CT molecular complexity index is 466. The highest BCUT2D eigenvalue weighted by Gasteiger charge is 2.29. The lowest BCUT2D eigenvalue weighted by Gasteiger charge is -2.24. The topological polar surface area (TPSA) is 43.4 Å². The summed E-state index contributed by atoms with van der Waals surface area (Å²) in [4.78, 5) is 12.3. The molecule has 2 unspecified atom stereocenters. The number of hydrogen-bond acceptors (Lipinski definition) is 3. The fourth-order valence-corrected chi connectivity index (χ4v) is 3.86. The van der Waals surface area contributed by atoms with E-state index in [0.717, 1.165) is 12.8 Å². The molecule has 0 spiro atoms. The normalized spacial score (nSPS) is 19.9. The highest BCUT2D eigenvalue weighted by atomic mass is 35.5. The Balaban J connectivity index is 2.05. The molecule has 3 nitrogen and oxygen atoms in total. The molecule has 1 aromatic carbocycles. The van der Waals surface area contributed by atoms with Crippen LogP contribution in [-0.4, -0.2) is 33.7 Å². The second-order valence-electron chi connectivity index (χ2n) is 4.65. The summed E-state index contributed by atoms with van der Waals surface area (Å²) in [5, 5.41) is 0.180. The molecule has 1 aliphatic rings. The third-order valence-corrected chi connectivity index (χ3v) is 5.63. The Labute approximate surface area is 120 Å². The smallest absolute Gasteiger partial charge is 0.178 e. The molecule has 0 bridgehead atoms. The molecule has 0 aromatic heterocycles. The molecular weight excluding hydrogens is 284 g/mol. The predicted molar refractivity (Wildman–Crippen MR) is 77.2 cm³/mol. The van der Waals surface area contributed by atoms with E-state index in [-0.39, 0.29) is 11.0 Å². The van der Waals surface area contributed by atoms with Crippen LogP contribution < -0.4 is 0 Å². The molecule has 0 N–H and O–H groups in total. The van der Waals surface area contributed by atoms with E-state index in [9.17, 15) is 9.00 Å². The van der Waals surface area contributed by atoms with E-state index in [4.69, 9.17) is 16.3 Å². The summed E-state index contributed by atoms with van der Waals surface area (Å²) in [6.45, 7) is 3.01. The second-order valence-corrected chi connectivity index (χ2v) is 7.12. The average molecular weight is 301 g/mol. The zero-order valence-electron chi connectivity index (χ0n) is 10.8. The lowest BCUT2D eigenvalue weighted by Crippen LogP contribution is -2.34. The van der Waals surface area contributed by atoms with Gasteiger partial charge in [0.1, 0.15) is 0 Å². The van der Waals surface area contributed by atoms with Crippen molar-refractivity contribution in [2.45, 2.75) is 30.3 Å². The summed E-state index contributed by atoms with van der Waals surface area (Å²) in [5.74, 6) is -0.0820. The van der Waals surface area contributed by atoms with Crippen molar-refractivity contribution in [2.75, 3.05) is 13.2 Å². The van der Waals surface area contributed by atoms with Crippen LogP contribution in [0.5, 0.6) is 0 Å². The molecule has 5 heteroatoms. The number of ether oxygens (including phenoxy) is 1. The Morgan fingerprint density at radius 3 is 2.47 bits per heavy atom. The zero-order chi connectivity index (χ0) is 13.8. The van der Waals surface area contributed by atoms with Crippen molar-refractivity contribution < 1.29 is 13.7 Å². The predicted octanol–water partition coefficient (Wildman–Crippen LogP) is 2.84. The van der Waals surface area contributed by atoms with Crippen LogP contribution in [0.25, 0.3) is 0 Å². The zero-order valence-corrected chi connectivity index (χ0v) is 12.4. The van der Waals surface area contributed by atoms with Gasteiger partial charge in [0.05, 0.1) is 5.25 Å². The van der Waals surface area contributed by atoms with Crippen LogP contribution >= 0.6 is 11.6 Å². The summed E-state index contributed by atoms with van der Waals surface area (Å²) in [7, 11) is -1.15. The van der Waals surface area contributed by atoms with Crippen LogP contribution in [0.2, 0.25) is 5.02 Å². The van der Waals surface area contributed by atoms with Crippen molar-refractivity contribution in [3.63, 3.8) is 0 Å². The number of rotatable bonds is 4.